The zero-order chi connectivity index (χ0) is 16.3. The van der Waals surface area contributed by atoms with Gasteiger partial charge in [0.1, 0.15) is 21.8 Å². The normalized spacial score (nSPS) is 10.2. The van der Waals surface area contributed by atoms with Crippen LogP contribution in [0.2, 0.25) is 10.3 Å². The molecule has 0 N–H and O–H groups in total. The molecule has 0 atom stereocenters. The Morgan fingerprint density at radius 1 is 1.00 bits per heavy atom. The molecule has 0 aliphatic carbocycles. The maximum absolute atomic E-state index is 12.5. The first-order valence-electron chi connectivity index (χ1n) is 6.29. The molecule has 0 radical (unpaired) electrons. The number of amides is 1. The quantitative estimate of drug-likeness (QED) is 0.796. The van der Waals surface area contributed by atoms with E-state index >= 15 is 0 Å². The Balaban J connectivity index is 2.38. The van der Waals surface area contributed by atoms with Gasteiger partial charge in [-0.1, -0.05) is 23.2 Å². The van der Waals surface area contributed by atoms with E-state index in [-0.39, 0.29) is 16.2 Å². The van der Waals surface area contributed by atoms with E-state index in [4.69, 9.17) is 32.7 Å². The molecule has 0 aliphatic heterocycles. The first-order valence-corrected chi connectivity index (χ1v) is 7.04. The molecule has 0 spiro atoms. The van der Waals surface area contributed by atoms with Crippen LogP contribution in [-0.2, 0) is 0 Å². The highest BCUT2D eigenvalue weighted by molar-refractivity contribution is 6.33. The third-order valence-electron chi connectivity index (χ3n) is 3.04. The fourth-order valence-electron chi connectivity index (χ4n) is 1.89. The average molecular weight is 341 g/mol. The number of hydrogen-bond acceptors (Lipinski definition) is 4. The summed E-state index contributed by atoms with van der Waals surface area (Å²) < 4.78 is 10.4. The number of hydrogen-bond donors (Lipinski definition) is 0. The molecule has 116 valence electrons. The van der Waals surface area contributed by atoms with Crippen LogP contribution in [-0.4, -0.2) is 32.2 Å². The van der Waals surface area contributed by atoms with Gasteiger partial charge in [-0.2, -0.15) is 0 Å². The van der Waals surface area contributed by atoms with E-state index in [9.17, 15) is 4.79 Å². The third-order valence-corrected chi connectivity index (χ3v) is 3.43. The SMILES string of the molecule is COc1cc(OC)cc(N(C)C(=O)c2cc(Cl)nc(Cl)c2)c1. The van der Waals surface area contributed by atoms with E-state index in [0.29, 0.717) is 22.7 Å². The predicted molar refractivity (Wildman–Crippen MR) is 86.5 cm³/mol. The molecule has 2 aromatic rings. The lowest BCUT2D eigenvalue weighted by molar-refractivity contribution is 0.0993. The summed E-state index contributed by atoms with van der Waals surface area (Å²) in [4.78, 5) is 17.8. The number of rotatable bonds is 4. The lowest BCUT2D eigenvalue weighted by Crippen LogP contribution is -2.26. The van der Waals surface area contributed by atoms with Crippen LogP contribution >= 0.6 is 23.2 Å². The van der Waals surface area contributed by atoms with E-state index in [2.05, 4.69) is 4.98 Å². The summed E-state index contributed by atoms with van der Waals surface area (Å²) in [5.74, 6) is 0.890. The van der Waals surface area contributed by atoms with Gasteiger partial charge in [0.2, 0.25) is 0 Å². The molecule has 0 unspecified atom stereocenters. The number of benzene rings is 1. The molecule has 7 heteroatoms. The topological polar surface area (TPSA) is 51.7 Å². The number of aromatic nitrogens is 1. The Kier molecular flexibility index (Phi) is 5.11. The molecule has 1 aromatic heterocycles. The van der Waals surface area contributed by atoms with Crippen molar-refractivity contribution in [1.29, 1.82) is 0 Å². The molecule has 22 heavy (non-hydrogen) atoms. The summed E-state index contributed by atoms with van der Waals surface area (Å²) in [5, 5.41) is 0.319. The predicted octanol–water partition coefficient (Wildman–Crippen LogP) is 3.68. The molecule has 5 nitrogen and oxygen atoms in total. The summed E-state index contributed by atoms with van der Waals surface area (Å²) in [6.45, 7) is 0. The van der Waals surface area contributed by atoms with Crippen LogP contribution in [0.15, 0.2) is 30.3 Å². The van der Waals surface area contributed by atoms with Crippen molar-refractivity contribution in [2.75, 3.05) is 26.2 Å². The Bertz CT molecular complexity index is 665. The molecular formula is C15H14Cl2N2O3. The van der Waals surface area contributed by atoms with Gasteiger partial charge in [0.05, 0.1) is 19.9 Å². The van der Waals surface area contributed by atoms with Crippen LogP contribution in [0.1, 0.15) is 10.4 Å². The lowest BCUT2D eigenvalue weighted by atomic mass is 10.2. The Hall–Kier alpha value is -1.98. The number of carbonyl (C=O) groups excluding carboxylic acids is 1. The number of nitrogens with zero attached hydrogens (tertiary/aromatic N) is 2. The number of carbonyl (C=O) groups is 1. The van der Waals surface area contributed by atoms with Crippen molar-refractivity contribution in [3.05, 3.63) is 46.2 Å². The summed E-state index contributed by atoms with van der Waals surface area (Å²) >= 11 is 11.7. The Labute approximate surface area is 138 Å². The van der Waals surface area contributed by atoms with Crippen LogP contribution < -0.4 is 14.4 Å². The second-order valence-corrected chi connectivity index (χ2v) is 5.21. The van der Waals surface area contributed by atoms with Crippen LogP contribution in [0.3, 0.4) is 0 Å². The molecule has 0 fully saturated rings. The second kappa shape index (κ2) is 6.85. The second-order valence-electron chi connectivity index (χ2n) is 4.44. The molecule has 0 aliphatic rings. The minimum Gasteiger partial charge on any atom is -0.497 e. The smallest absolute Gasteiger partial charge is 0.258 e. The first kappa shape index (κ1) is 16.4. The average Bonchev–Trinajstić information content (AvgIpc) is 2.51. The van der Waals surface area contributed by atoms with Crippen LogP contribution in [0.5, 0.6) is 11.5 Å². The summed E-state index contributed by atoms with van der Waals surface area (Å²) in [7, 11) is 4.73. The molecule has 1 amide bonds. The third kappa shape index (κ3) is 3.61. The standard InChI is InChI=1S/C15H14Cl2N2O3/c1-19(10-6-11(21-2)8-12(7-10)22-3)15(20)9-4-13(16)18-14(17)5-9/h4-8H,1-3H3. The van der Waals surface area contributed by atoms with Gasteiger partial charge in [-0.15, -0.1) is 0 Å². The molecule has 1 aromatic carbocycles. The molecule has 0 saturated carbocycles. The van der Waals surface area contributed by atoms with Gasteiger partial charge in [-0.05, 0) is 12.1 Å². The highest BCUT2D eigenvalue weighted by atomic mass is 35.5. The highest BCUT2D eigenvalue weighted by Gasteiger charge is 2.17. The molecule has 0 bridgehead atoms. The van der Waals surface area contributed by atoms with E-state index < -0.39 is 0 Å². The zero-order valence-corrected chi connectivity index (χ0v) is 13.8. The highest BCUT2D eigenvalue weighted by Crippen LogP contribution is 2.29. The lowest BCUT2D eigenvalue weighted by Gasteiger charge is -2.19. The largest absolute Gasteiger partial charge is 0.497 e. The van der Waals surface area contributed by atoms with Crippen molar-refractivity contribution < 1.29 is 14.3 Å². The van der Waals surface area contributed by atoms with Crippen LogP contribution in [0.4, 0.5) is 5.69 Å². The van der Waals surface area contributed by atoms with Crippen molar-refractivity contribution in [2.24, 2.45) is 0 Å². The Morgan fingerprint density at radius 2 is 1.50 bits per heavy atom. The van der Waals surface area contributed by atoms with Gasteiger partial charge in [-0.25, -0.2) is 4.98 Å². The number of methoxy groups -OCH3 is 2. The van der Waals surface area contributed by atoms with Crippen LogP contribution in [0.25, 0.3) is 0 Å². The van der Waals surface area contributed by atoms with E-state index in [1.54, 1.807) is 39.5 Å². The van der Waals surface area contributed by atoms with Crippen LogP contribution in [0, 0.1) is 0 Å². The van der Waals surface area contributed by atoms with E-state index in [1.165, 1.54) is 17.0 Å². The summed E-state index contributed by atoms with van der Waals surface area (Å²) in [6.07, 6.45) is 0. The fourth-order valence-corrected chi connectivity index (χ4v) is 2.35. The minimum absolute atomic E-state index is 0.160. The maximum atomic E-state index is 12.5. The number of pyridine rings is 1. The van der Waals surface area contributed by atoms with Gasteiger partial charge in [0, 0.05) is 30.8 Å². The molecule has 0 saturated heterocycles. The van der Waals surface area contributed by atoms with Crippen molar-refractivity contribution in [3.8, 4) is 11.5 Å². The van der Waals surface area contributed by atoms with Crippen molar-refractivity contribution in [1.82, 2.24) is 4.98 Å². The van der Waals surface area contributed by atoms with Gasteiger partial charge in [-0.3, -0.25) is 4.79 Å². The molecule has 1 heterocycles. The van der Waals surface area contributed by atoms with Gasteiger partial charge in [0.15, 0.2) is 0 Å². The molecule has 2 rings (SSSR count). The van der Waals surface area contributed by atoms with E-state index in [1.807, 2.05) is 0 Å². The first-order chi connectivity index (χ1) is 10.4. The van der Waals surface area contributed by atoms with Crippen molar-refractivity contribution in [3.63, 3.8) is 0 Å². The minimum atomic E-state index is -0.276. The zero-order valence-electron chi connectivity index (χ0n) is 12.3. The van der Waals surface area contributed by atoms with Gasteiger partial charge >= 0.3 is 0 Å². The van der Waals surface area contributed by atoms with Crippen molar-refractivity contribution >= 4 is 34.8 Å². The van der Waals surface area contributed by atoms with Gasteiger partial charge < -0.3 is 14.4 Å². The van der Waals surface area contributed by atoms with E-state index in [0.717, 1.165) is 0 Å². The van der Waals surface area contributed by atoms with Crippen molar-refractivity contribution in [2.45, 2.75) is 0 Å². The molecular weight excluding hydrogens is 327 g/mol. The van der Waals surface area contributed by atoms with Gasteiger partial charge in [0.25, 0.3) is 5.91 Å². The maximum Gasteiger partial charge on any atom is 0.258 e. The summed E-state index contributed by atoms with van der Waals surface area (Å²) in [5.41, 5.74) is 0.958. The number of ether oxygens (including phenoxy) is 2. The summed E-state index contributed by atoms with van der Waals surface area (Å²) in [6, 6.07) is 8.10. The monoisotopic (exact) mass is 340 g/mol. The number of anilines is 1. The Morgan fingerprint density at radius 3 is 1.95 bits per heavy atom. The fraction of sp³-hybridized carbons (Fsp3) is 0.200. The number of halogens is 2.